The van der Waals surface area contributed by atoms with E-state index in [0.29, 0.717) is 31.7 Å². The second-order valence-electron chi connectivity index (χ2n) is 4.37. The van der Waals surface area contributed by atoms with Crippen molar-refractivity contribution in [2.45, 2.75) is 25.0 Å². The minimum absolute atomic E-state index is 0.357. The Hall–Kier alpha value is -0.590. The average Bonchev–Trinajstić information content (AvgIpc) is 2.36. The Morgan fingerprint density at radius 1 is 1.33 bits per heavy atom. The number of rotatable bonds is 3. The van der Waals surface area contributed by atoms with Crippen molar-refractivity contribution in [2.75, 3.05) is 17.9 Å². The fourth-order valence-electron chi connectivity index (χ4n) is 1.94. The van der Waals surface area contributed by atoms with E-state index in [9.17, 15) is 8.42 Å². The molecule has 0 aliphatic carbocycles. The van der Waals surface area contributed by atoms with Crippen molar-refractivity contribution in [1.29, 1.82) is 0 Å². The molecule has 1 aliphatic rings. The third-order valence-corrected chi connectivity index (χ3v) is 5.84. The van der Waals surface area contributed by atoms with Gasteiger partial charge >= 0.3 is 0 Å². The lowest BCUT2D eigenvalue weighted by Gasteiger charge is -2.23. The van der Waals surface area contributed by atoms with E-state index in [1.807, 2.05) is 19.1 Å². The molecule has 1 aliphatic heterocycles. The molecule has 0 radical (unpaired) electrons. The lowest BCUT2D eigenvalue weighted by atomic mass is 10.2. The number of hydrogen-bond donors (Lipinski definition) is 1. The Morgan fingerprint density at radius 2 is 2.00 bits per heavy atom. The highest BCUT2D eigenvalue weighted by atomic mass is 79.9. The zero-order chi connectivity index (χ0) is 13.2. The van der Waals surface area contributed by atoms with Gasteiger partial charge in [0.2, 0.25) is 10.0 Å². The second-order valence-corrected chi connectivity index (χ2v) is 7.19. The molecule has 100 valence electrons. The molecule has 0 saturated carbocycles. The summed E-state index contributed by atoms with van der Waals surface area (Å²) in [5, 5.41) is -0.357. The molecule has 1 fully saturated rings. The lowest BCUT2D eigenvalue weighted by Crippen LogP contribution is -2.33. The monoisotopic (exact) mass is 333 g/mol. The van der Waals surface area contributed by atoms with Crippen LogP contribution in [0.3, 0.4) is 0 Å². The SMILES string of the molecule is Cc1c(Br)cccc1NS(=O)(=O)C1CCOCC1. The van der Waals surface area contributed by atoms with Crippen molar-refractivity contribution in [1.82, 2.24) is 0 Å². The van der Waals surface area contributed by atoms with Crippen LogP contribution in [0.4, 0.5) is 5.69 Å². The van der Waals surface area contributed by atoms with Crippen molar-refractivity contribution < 1.29 is 13.2 Å². The Balaban J connectivity index is 2.19. The van der Waals surface area contributed by atoms with Crippen LogP contribution >= 0.6 is 15.9 Å². The van der Waals surface area contributed by atoms with Crippen LogP contribution < -0.4 is 4.72 Å². The van der Waals surface area contributed by atoms with E-state index < -0.39 is 10.0 Å². The van der Waals surface area contributed by atoms with Crippen LogP contribution in [-0.4, -0.2) is 26.9 Å². The first kappa shape index (κ1) is 13.8. The Kier molecular flexibility index (Phi) is 4.29. The average molecular weight is 334 g/mol. The van der Waals surface area contributed by atoms with Crippen molar-refractivity contribution >= 4 is 31.6 Å². The van der Waals surface area contributed by atoms with Crippen molar-refractivity contribution in [3.8, 4) is 0 Å². The number of nitrogens with one attached hydrogen (secondary N) is 1. The summed E-state index contributed by atoms with van der Waals surface area (Å²) in [4.78, 5) is 0. The third kappa shape index (κ3) is 3.05. The van der Waals surface area contributed by atoms with E-state index in [0.717, 1.165) is 10.0 Å². The predicted octanol–water partition coefficient (Wildman–Crippen LogP) is 2.68. The highest BCUT2D eigenvalue weighted by molar-refractivity contribution is 9.10. The van der Waals surface area contributed by atoms with Crippen LogP contribution in [0.1, 0.15) is 18.4 Å². The molecule has 18 heavy (non-hydrogen) atoms. The first-order chi connectivity index (χ1) is 8.50. The van der Waals surface area contributed by atoms with E-state index in [2.05, 4.69) is 20.7 Å². The van der Waals surface area contributed by atoms with Gasteiger partial charge in [0, 0.05) is 17.7 Å². The molecule has 0 amide bonds. The van der Waals surface area contributed by atoms with Gasteiger partial charge in [-0.1, -0.05) is 22.0 Å². The molecule has 6 heteroatoms. The van der Waals surface area contributed by atoms with E-state index in [4.69, 9.17) is 4.74 Å². The Morgan fingerprint density at radius 3 is 2.67 bits per heavy atom. The molecular formula is C12H16BrNO3S. The summed E-state index contributed by atoms with van der Waals surface area (Å²) < 4.78 is 33.2. The molecule has 1 aromatic rings. The number of hydrogen-bond acceptors (Lipinski definition) is 3. The van der Waals surface area contributed by atoms with Gasteiger partial charge in [0.15, 0.2) is 0 Å². The summed E-state index contributed by atoms with van der Waals surface area (Å²) in [5.41, 5.74) is 1.53. The number of anilines is 1. The van der Waals surface area contributed by atoms with Gasteiger partial charge in [-0.15, -0.1) is 0 Å². The summed E-state index contributed by atoms with van der Waals surface area (Å²) in [6.45, 7) is 2.91. The first-order valence-electron chi connectivity index (χ1n) is 5.85. The second kappa shape index (κ2) is 5.59. The van der Waals surface area contributed by atoms with Gasteiger partial charge in [-0.25, -0.2) is 8.42 Å². The molecule has 0 unspecified atom stereocenters. The zero-order valence-corrected chi connectivity index (χ0v) is 12.6. The topological polar surface area (TPSA) is 55.4 Å². The van der Waals surface area contributed by atoms with Gasteiger partial charge in [-0.2, -0.15) is 0 Å². The largest absolute Gasteiger partial charge is 0.381 e. The normalized spacial score (nSPS) is 17.7. The molecule has 0 atom stereocenters. The van der Waals surface area contributed by atoms with E-state index >= 15 is 0 Å². The Labute approximate surface area is 116 Å². The summed E-state index contributed by atoms with van der Waals surface area (Å²) in [6.07, 6.45) is 1.12. The van der Waals surface area contributed by atoms with Gasteiger partial charge in [0.05, 0.1) is 10.9 Å². The molecule has 4 nitrogen and oxygen atoms in total. The molecule has 1 heterocycles. The van der Waals surface area contributed by atoms with E-state index in [1.54, 1.807) is 6.07 Å². The summed E-state index contributed by atoms with van der Waals surface area (Å²) in [5.74, 6) is 0. The van der Waals surface area contributed by atoms with E-state index in [1.165, 1.54) is 0 Å². The fourth-order valence-corrected chi connectivity index (χ4v) is 3.81. The van der Waals surface area contributed by atoms with Gasteiger partial charge in [-0.05, 0) is 37.5 Å². The van der Waals surface area contributed by atoms with Crippen LogP contribution in [-0.2, 0) is 14.8 Å². The zero-order valence-electron chi connectivity index (χ0n) is 10.1. The lowest BCUT2D eigenvalue weighted by molar-refractivity contribution is 0.0984. The number of sulfonamides is 1. The van der Waals surface area contributed by atoms with Crippen LogP contribution in [0.25, 0.3) is 0 Å². The number of ether oxygens (including phenoxy) is 1. The quantitative estimate of drug-likeness (QED) is 0.925. The molecule has 0 aromatic heterocycles. The van der Waals surface area contributed by atoms with Crippen LogP contribution in [0.15, 0.2) is 22.7 Å². The number of halogens is 1. The predicted molar refractivity (Wildman–Crippen MR) is 75.3 cm³/mol. The van der Waals surface area contributed by atoms with Crippen molar-refractivity contribution in [3.63, 3.8) is 0 Å². The maximum absolute atomic E-state index is 12.2. The van der Waals surface area contributed by atoms with Gasteiger partial charge in [0.25, 0.3) is 0 Å². The highest BCUT2D eigenvalue weighted by Crippen LogP contribution is 2.26. The molecule has 0 bridgehead atoms. The minimum Gasteiger partial charge on any atom is -0.381 e. The summed E-state index contributed by atoms with van der Waals surface area (Å²) in [7, 11) is -3.33. The van der Waals surface area contributed by atoms with Crippen molar-refractivity contribution in [2.24, 2.45) is 0 Å². The van der Waals surface area contributed by atoms with E-state index in [-0.39, 0.29) is 5.25 Å². The standard InChI is InChI=1S/C12H16BrNO3S/c1-9-11(13)3-2-4-12(9)14-18(15,16)10-5-7-17-8-6-10/h2-4,10,14H,5-8H2,1H3. The van der Waals surface area contributed by atoms with Crippen LogP contribution in [0, 0.1) is 6.92 Å². The smallest absolute Gasteiger partial charge is 0.235 e. The fraction of sp³-hybridized carbons (Fsp3) is 0.500. The Bertz CT molecular complexity index is 524. The molecule has 1 aromatic carbocycles. The number of benzene rings is 1. The summed E-state index contributed by atoms with van der Waals surface area (Å²) >= 11 is 3.39. The van der Waals surface area contributed by atoms with Gasteiger partial charge < -0.3 is 4.74 Å². The molecule has 1 N–H and O–H groups in total. The van der Waals surface area contributed by atoms with Crippen LogP contribution in [0.2, 0.25) is 0 Å². The maximum atomic E-state index is 12.2. The molecule has 1 saturated heterocycles. The minimum atomic E-state index is -3.33. The van der Waals surface area contributed by atoms with Crippen molar-refractivity contribution in [3.05, 3.63) is 28.2 Å². The van der Waals surface area contributed by atoms with Gasteiger partial charge in [-0.3, -0.25) is 4.72 Å². The van der Waals surface area contributed by atoms with Gasteiger partial charge in [0.1, 0.15) is 0 Å². The highest BCUT2D eigenvalue weighted by Gasteiger charge is 2.28. The molecule has 2 rings (SSSR count). The molecule has 0 spiro atoms. The first-order valence-corrected chi connectivity index (χ1v) is 8.19. The summed E-state index contributed by atoms with van der Waals surface area (Å²) in [6, 6.07) is 5.48. The molecular weight excluding hydrogens is 318 g/mol. The maximum Gasteiger partial charge on any atom is 0.235 e. The third-order valence-electron chi connectivity index (χ3n) is 3.13. The van der Waals surface area contributed by atoms with Crippen LogP contribution in [0.5, 0.6) is 0 Å².